The summed E-state index contributed by atoms with van der Waals surface area (Å²) in [5.74, 6) is 0.719. The fourth-order valence-electron chi connectivity index (χ4n) is 2.38. The number of likely N-dealkylation sites (tertiary alicyclic amines) is 1. The molecule has 2 rings (SSSR count). The third kappa shape index (κ3) is 4.82. The summed E-state index contributed by atoms with van der Waals surface area (Å²) >= 11 is 0. The molecule has 0 radical (unpaired) electrons. The highest BCUT2D eigenvalue weighted by molar-refractivity contribution is 5.95. The number of urea groups is 1. The molecule has 1 heterocycles. The number of nitrogens with zero attached hydrogens (tertiary/aromatic N) is 1. The van der Waals surface area contributed by atoms with Crippen molar-refractivity contribution >= 4 is 17.5 Å². The molecule has 6 nitrogen and oxygen atoms in total. The van der Waals surface area contributed by atoms with E-state index in [9.17, 15) is 9.59 Å². The molecule has 0 unspecified atom stereocenters. The minimum atomic E-state index is -0.303. The monoisotopic (exact) mass is 317 g/mol. The van der Waals surface area contributed by atoms with E-state index in [0.717, 1.165) is 23.3 Å². The molecular weight excluding hydrogens is 294 g/mol. The lowest BCUT2D eigenvalue weighted by Crippen LogP contribution is -2.43. The van der Waals surface area contributed by atoms with Gasteiger partial charge in [0.15, 0.2) is 0 Å². The molecule has 1 aromatic carbocycles. The third-order valence-corrected chi connectivity index (χ3v) is 3.73. The molecule has 0 aromatic heterocycles. The van der Waals surface area contributed by atoms with Crippen LogP contribution in [0.3, 0.4) is 0 Å². The molecule has 1 saturated heterocycles. The van der Waals surface area contributed by atoms with Crippen molar-refractivity contribution in [2.24, 2.45) is 0 Å². The van der Waals surface area contributed by atoms with Crippen LogP contribution >= 0.6 is 0 Å². The van der Waals surface area contributed by atoms with Crippen molar-refractivity contribution in [2.45, 2.75) is 12.8 Å². The molecule has 23 heavy (non-hydrogen) atoms. The summed E-state index contributed by atoms with van der Waals surface area (Å²) in [5.41, 5.74) is 2.01. The van der Waals surface area contributed by atoms with Crippen LogP contribution in [0.25, 0.3) is 5.57 Å². The van der Waals surface area contributed by atoms with Gasteiger partial charge in [0.25, 0.3) is 0 Å². The number of ether oxygens (including phenoxy) is 1. The summed E-state index contributed by atoms with van der Waals surface area (Å²) in [6.45, 7) is 6.28. The number of hydrogen-bond donors (Lipinski definition) is 2. The fraction of sp³-hybridized carbons (Fsp3) is 0.412. The molecule has 0 atom stereocenters. The van der Waals surface area contributed by atoms with Crippen LogP contribution in [0.4, 0.5) is 4.79 Å². The summed E-state index contributed by atoms with van der Waals surface area (Å²) in [7, 11) is 1.63. The van der Waals surface area contributed by atoms with Gasteiger partial charge in [0.2, 0.25) is 5.91 Å². The number of amides is 3. The van der Waals surface area contributed by atoms with E-state index in [-0.39, 0.29) is 11.9 Å². The van der Waals surface area contributed by atoms with Crippen molar-refractivity contribution in [3.8, 4) is 5.75 Å². The fourth-order valence-corrected chi connectivity index (χ4v) is 2.38. The summed E-state index contributed by atoms with van der Waals surface area (Å²) in [5, 5.41) is 5.96. The minimum Gasteiger partial charge on any atom is -0.497 e. The van der Waals surface area contributed by atoms with Gasteiger partial charge >= 0.3 is 6.03 Å². The lowest BCUT2D eigenvalue weighted by Gasteiger charge is -2.15. The Morgan fingerprint density at radius 2 is 2.04 bits per heavy atom. The second-order valence-electron chi connectivity index (χ2n) is 5.39. The van der Waals surface area contributed by atoms with Gasteiger partial charge in [-0.1, -0.05) is 18.7 Å². The molecule has 6 heteroatoms. The number of carbonyl (C=O) groups is 2. The van der Waals surface area contributed by atoms with Gasteiger partial charge in [0.05, 0.1) is 7.11 Å². The number of benzene rings is 1. The van der Waals surface area contributed by atoms with E-state index in [0.29, 0.717) is 32.6 Å². The maximum atomic E-state index is 11.8. The average Bonchev–Trinajstić information content (AvgIpc) is 3.00. The highest BCUT2D eigenvalue weighted by Gasteiger charge is 2.25. The van der Waals surface area contributed by atoms with Gasteiger partial charge in [-0.15, -0.1) is 0 Å². The zero-order valence-corrected chi connectivity index (χ0v) is 13.4. The lowest BCUT2D eigenvalue weighted by atomic mass is 10.1. The van der Waals surface area contributed by atoms with Crippen LogP contribution in [0.2, 0.25) is 0 Å². The van der Waals surface area contributed by atoms with E-state index in [1.165, 1.54) is 4.90 Å². The number of rotatable bonds is 7. The Kier molecular flexibility index (Phi) is 6.17. The standard InChI is InChI=1S/C17H23N3O3/c1-13(14-5-7-15(23-2)8-6-14)12-18-9-10-19-17(22)20-11-3-4-16(20)21/h5-8,18H,1,3-4,9-12H2,2H3,(H,19,22). The Balaban J connectivity index is 1.63. The maximum Gasteiger partial charge on any atom is 0.324 e. The number of methoxy groups -OCH3 is 1. The van der Waals surface area contributed by atoms with Gasteiger partial charge in [-0.2, -0.15) is 0 Å². The highest BCUT2D eigenvalue weighted by Crippen LogP contribution is 2.16. The molecule has 0 aliphatic carbocycles. The second-order valence-corrected chi connectivity index (χ2v) is 5.39. The Hall–Kier alpha value is -2.34. The normalized spacial score (nSPS) is 14.0. The predicted molar refractivity (Wildman–Crippen MR) is 89.2 cm³/mol. The summed E-state index contributed by atoms with van der Waals surface area (Å²) in [6.07, 6.45) is 1.22. The van der Waals surface area contributed by atoms with Crippen LogP contribution in [-0.4, -0.2) is 50.1 Å². The van der Waals surface area contributed by atoms with E-state index >= 15 is 0 Å². The van der Waals surface area contributed by atoms with Crippen LogP contribution in [0.1, 0.15) is 18.4 Å². The zero-order chi connectivity index (χ0) is 16.7. The topological polar surface area (TPSA) is 70.7 Å². The number of carbonyl (C=O) groups excluding carboxylic acids is 2. The van der Waals surface area contributed by atoms with Gasteiger partial charge in [-0.25, -0.2) is 4.79 Å². The largest absolute Gasteiger partial charge is 0.497 e. The molecule has 3 amide bonds. The van der Waals surface area contributed by atoms with Gasteiger partial charge in [0, 0.05) is 32.6 Å². The number of hydrogen-bond acceptors (Lipinski definition) is 4. The molecule has 1 aliphatic rings. The van der Waals surface area contributed by atoms with Crippen molar-refractivity contribution in [3.05, 3.63) is 36.4 Å². The van der Waals surface area contributed by atoms with Crippen LogP contribution in [-0.2, 0) is 4.79 Å². The van der Waals surface area contributed by atoms with Crippen molar-refractivity contribution in [1.82, 2.24) is 15.5 Å². The van der Waals surface area contributed by atoms with Crippen LogP contribution < -0.4 is 15.4 Å². The number of imide groups is 1. The van der Waals surface area contributed by atoms with Crippen LogP contribution in [0.5, 0.6) is 5.75 Å². The van der Waals surface area contributed by atoms with Gasteiger partial charge in [-0.3, -0.25) is 9.69 Å². The lowest BCUT2D eigenvalue weighted by molar-refractivity contribution is -0.125. The summed E-state index contributed by atoms with van der Waals surface area (Å²) < 4.78 is 5.12. The first-order valence-electron chi connectivity index (χ1n) is 7.73. The Morgan fingerprint density at radius 1 is 1.30 bits per heavy atom. The van der Waals surface area contributed by atoms with Gasteiger partial charge in [-0.05, 0) is 29.7 Å². The molecule has 0 bridgehead atoms. The van der Waals surface area contributed by atoms with E-state index in [1.54, 1.807) is 7.11 Å². The molecule has 1 aromatic rings. The quantitative estimate of drug-likeness (QED) is 0.750. The first-order valence-corrected chi connectivity index (χ1v) is 7.73. The summed E-state index contributed by atoms with van der Waals surface area (Å²) in [6, 6.07) is 7.41. The smallest absolute Gasteiger partial charge is 0.324 e. The molecule has 1 fully saturated rings. The van der Waals surface area contributed by atoms with E-state index in [4.69, 9.17) is 4.74 Å². The molecular formula is C17H23N3O3. The SMILES string of the molecule is C=C(CNCCNC(=O)N1CCCC1=O)c1ccc(OC)cc1. The third-order valence-electron chi connectivity index (χ3n) is 3.73. The average molecular weight is 317 g/mol. The number of nitrogens with one attached hydrogen (secondary N) is 2. The van der Waals surface area contributed by atoms with Crippen molar-refractivity contribution in [2.75, 3.05) is 33.3 Å². The van der Waals surface area contributed by atoms with Gasteiger partial charge in [0.1, 0.15) is 5.75 Å². The molecule has 0 saturated carbocycles. The van der Waals surface area contributed by atoms with Gasteiger partial charge < -0.3 is 15.4 Å². The predicted octanol–water partition coefficient (Wildman–Crippen LogP) is 1.63. The second kappa shape index (κ2) is 8.33. The van der Waals surface area contributed by atoms with E-state index in [2.05, 4.69) is 17.2 Å². The molecule has 124 valence electrons. The maximum absolute atomic E-state index is 11.8. The summed E-state index contributed by atoms with van der Waals surface area (Å²) in [4.78, 5) is 24.5. The molecule has 1 aliphatic heterocycles. The van der Waals surface area contributed by atoms with E-state index < -0.39 is 0 Å². The Labute approximate surface area is 136 Å². The van der Waals surface area contributed by atoms with E-state index in [1.807, 2.05) is 24.3 Å². The Morgan fingerprint density at radius 3 is 2.65 bits per heavy atom. The first kappa shape index (κ1) is 17.0. The van der Waals surface area contributed by atoms with Crippen LogP contribution in [0, 0.1) is 0 Å². The minimum absolute atomic E-state index is 0.0941. The first-order chi connectivity index (χ1) is 11.1. The molecule has 0 spiro atoms. The van der Waals surface area contributed by atoms with Crippen LogP contribution in [0.15, 0.2) is 30.8 Å². The van der Waals surface area contributed by atoms with Crippen molar-refractivity contribution in [1.29, 1.82) is 0 Å². The van der Waals surface area contributed by atoms with Crippen molar-refractivity contribution in [3.63, 3.8) is 0 Å². The van der Waals surface area contributed by atoms with Crippen molar-refractivity contribution < 1.29 is 14.3 Å². The zero-order valence-electron chi connectivity index (χ0n) is 13.4. The molecule has 2 N–H and O–H groups in total. The Bertz CT molecular complexity index is 569. The highest BCUT2D eigenvalue weighted by atomic mass is 16.5.